The summed E-state index contributed by atoms with van der Waals surface area (Å²) in [5, 5.41) is 22.0. The molecule has 1 N–H and O–H groups in total. The Morgan fingerprint density at radius 1 is 1.11 bits per heavy atom. The SMILES string of the molecule is Cc1ccc([N+](=O)[O-])cc1SN(Cc1ccccc1)c1cc(Cl)ccc1O. The number of aromatic hydroxyl groups is 1. The summed E-state index contributed by atoms with van der Waals surface area (Å²) in [6.07, 6.45) is 0. The molecule has 0 heterocycles. The first kappa shape index (κ1) is 19.1. The van der Waals surface area contributed by atoms with Gasteiger partial charge in [0.2, 0.25) is 0 Å². The predicted octanol–water partition coefficient (Wildman–Crippen LogP) is 5.98. The van der Waals surface area contributed by atoms with Crippen LogP contribution < -0.4 is 4.31 Å². The van der Waals surface area contributed by atoms with Crippen molar-refractivity contribution in [2.75, 3.05) is 4.31 Å². The largest absolute Gasteiger partial charge is 0.506 e. The molecule has 0 spiro atoms. The molecular formula is C20H17ClN2O3S. The average Bonchev–Trinajstić information content (AvgIpc) is 2.65. The highest BCUT2D eigenvalue weighted by Gasteiger charge is 2.17. The number of phenolic OH excluding ortho intramolecular Hbond substituents is 1. The van der Waals surface area contributed by atoms with E-state index in [9.17, 15) is 15.2 Å². The molecule has 3 rings (SSSR count). The Bertz CT molecular complexity index is 967. The van der Waals surface area contributed by atoms with E-state index >= 15 is 0 Å². The van der Waals surface area contributed by atoms with E-state index in [-0.39, 0.29) is 11.4 Å². The van der Waals surface area contributed by atoms with Gasteiger partial charge in [-0.2, -0.15) is 0 Å². The molecule has 0 saturated heterocycles. The molecule has 5 nitrogen and oxygen atoms in total. The summed E-state index contributed by atoms with van der Waals surface area (Å²) in [7, 11) is 0. The summed E-state index contributed by atoms with van der Waals surface area (Å²) in [5.74, 6) is 0.0888. The van der Waals surface area contributed by atoms with E-state index < -0.39 is 4.92 Å². The Hall–Kier alpha value is -2.70. The lowest BCUT2D eigenvalue weighted by molar-refractivity contribution is -0.385. The van der Waals surface area contributed by atoms with Crippen LogP contribution in [0.4, 0.5) is 11.4 Å². The number of nitro benzene ring substituents is 1. The van der Waals surface area contributed by atoms with Crippen LogP contribution in [-0.2, 0) is 6.54 Å². The smallest absolute Gasteiger partial charge is 0.270 e. The molecule has 3 aromatic carbocycles. The lowest BCUT2D eigenvalue weighted by Crippen LogP contribution is -2.14. The van der Waals surface area contributed by atoms with E-state index in [0.29, 0.717) is 17.3 Å². The number of nitrogens with zero attached hydrogens (tertiary/aromatic N) is 2. The van der Waals surface area contributed by atoms with E-state index in [0.717, 1.165) is 16.0 Å². The van der Waals surface area contributed by atoms with E-state index in [1.54, 1.807) is 24.3 Å². The molecule has 3 aromatic rings. The number of phenols is 1. The zero-order valence-corrected chi connectivity index (χ0v) is 16.1. The quantitative estimate of drug-likeness (QED) is 0.313. The minimum absolute atomic E-state index is 0.0260. The van der Waals surface area contributed by atoms with Crippen molar-refractivity contribution in [1.29, 1.82) is 0 Å². The second kappa shape index (κ2) is 8.33. The molecule has 7 heteroatoms. The molecule has 0 fully saturated rings. The molecule has 27 heavy (non-hydrogen) atoms. The van der Waals surface area contributed by atoms with Crippen molar-refractivity contribution in [1.82, 2.24) is 0 Å². The van der Waals surface area contributed by atoms with Gasteiger partial charge in [-0.25, -0.2) is 0 Å². The van der Waals surface area contributed by atoms with Crippen LogP contribution in [0.25, 0.3) is 0 Å². The highest BCUT2D eigenvalue weighted by atomic mass is 35.5. The van der Waals surface area contributed by atoms with E-state index in [2.05, 4.69) is 0 Å². The number of halogens is 1. The molecule has 138 valence electrons. The van der Waals surface area contributed by atoms with Crippen molar-refractivity contribution >= 4 is 34.9 Å². The highest BCUT2D eigenvalue weighted by molar-refractivity contribution is 8.00. The van der Waals surface area contributed by atoms with Gasteiger partial charge in [0, 0.05) is 22.1 Å². The minimum atomic E-state index is -0.415. The standard InChI is InChI=1S/C20H17ClN2O3S/c1-14-7-9-17(23(25)26)12-20(14)27-22(13-15-5-3-2-4-6-15)18-11-16(21)8-10-19(18)24/h2-12,24H,13H2,1H3. The lowest BCUT2D eigenvalue weighted by atomic mass is 10.2. The number of hydrogen-bond donors (Lipinski definition) is 1. The van der Waals surface area contributed by atoms with Crippen LogP contribution in [0.5, 0.6) is 5.75 Å². The first-order valence-electron chi connectivity index (χ1n) is 8.17. The lowest BCUT2D eigenvalue weighted by Gasteiger charge is -2.25. The van der Waals surface area contributed by atoms with E-state index in [4.69, 9.17) is 11.6 Å². The second-order valence-corrected chi connectivity index (χ2v) is 7.45. The van der Waals surface area contributed by atoms with Gasteiger partial charge < -0.3 is 9.41 Å². The van der Waals surface area contributed by atoms with Gasteiger partial charge >= 0.3 is 0 Å². The van der Waals surface area contributed by atoms with Crippen molar-refractivity contribution < 1.29 is 10.0 Å². The summed E-state index contributed by atoms with van der Waals surface area (Å²) in [6, 6.07) is 19.4. The van der Waals surface area contributed by atoms with Crippen molar-refractivity contribution in [3.63, 3.8) is 0 Å². The summed E-state index contributed by atoms with van der Waals surface area (Å²) in [5.41, 5.74) is 2.51. The van der Waals surface area contributed by atoms with Gasteiger partial charge in [-0.1, -0.05) is 48.0 Å². The molecule has 0 aliphatic heterocycles. The number of anilines is 1. The zero-order chi connectivity index (χ0) is 19.4. The molecule has 0 saturated carbocycles. The number of nitro groups is 1. The maximum atomic E-state index is 11.1. The van der Waals surface area contributed by atoms with Crippen molar-refractivity contribution in [2.45, 2.75) is 18.4 Å². The Morgan fingerprint density at radius 2 is 1.85 bits per heavy atom. The predicted molar refractivity (Wildman–Crippen MR) is 109 cm³/mol. The molecule has 0 unspecified atom stereocenters. The summed E-state index contributed by atoms with van der Waals surface area (Å²) in [6.45, 7) is 2.38. The minimum Gasteiger partial charge on any atom is -0.506 e. The van der Waals surface area contributed by atoms with Crippen molar-refractivity contribution in [2.24, 2.45) is 0 Å². The van der Waals surface area contributed by atoms with Crippen LogP contribution in [0.2, 0.25) is 5.02 Å². The molecule has 0 amide bonds. The maximum Gasteiger partial charge on any atom is 0.270 e. The van der Waals surface area contributed by atoms with Gasteiger partial charge in [0.25, 0.3) is 5.69 Å². The monoisotopic (exact) mass is 400 g/mol. The number of hydrogen-bond acceptors (Lipinski definition) is 5. The molecule has 0 atom stereocenters. The van der Waals surface area contributed by atoms with E-state index in [1.165, 1.54) is 24.1 Å². The molecule has 0 aromatic heterocycles. The van der Waals surface area contributed by atoms with Crippen LogP contribution in [-0.4, -0.2) is 10.0 Å². The normalized spacial score (nSPS) is 10.6. The first-order valence-corrected chi connectivity index (χ1v) is 9.32. The van der Waals surface area contributed by atoms with Gasteiger partial charge in [-0.05, 0) is 48.2 Å². The number of aryl methyl sites for hydroxylation is 1. The zero-order valence-electron chi connectivity index (χ0n) is 14.5. The fourth-order valence-corrected chi connectivity index (χ4v) is 3.78. The fraction of sp³-hybridized carbons (Fsp3) is 0.100. The summed E-state index contributed by atoms with van der Waals surface area (Å²) < 4.78 is 1.88. The van der Waals surface area contributed by atoms with Crippen LogP contribution in [0, 0.1) is 17.0 Å². The van der Waals surface area contributed by atoms with Crippen LogP contribution in [0.1, 0.15) is 11.1 Å². The van der Waals surface area contributed by atoms with Crippen LogP contribution in [0.15, 0.2) is 71.6 Å². The topological polar surface area (TPSA) is 66.6 Å². The molecule has 0 bridgehead atoms. The third-order valence-corrected chi connectivity index (χ3v) is 5.38. The first-order chi connectivity index (χ1) is 12.9. The second-order valence-electron chi connectivity index (χ2n) is 5.95. The number of rotatable bonds is 6. The van der Waals surface area contributed by atoms with Gasteiger partial charge in [-0.3, -0.25) is 10.1 Å². The summed E-state index contributed by atoms with van der Waals surface area (Å²) >= 11 is 7.46. The Labute approximate surface area is 166 Å². The van der Waals surface area contributed by atoms with Crippen molar-refractivity contribution in [3.05, 3.63) is 93.0 Å². The van der Waals surface area contributed by atoms with Gasteiger partial charge in [0.05, 0.1) is 17.2 Å². The van der Waals surface area contributed by atoms with Crippen LogP contribution >= 0.6 is 23.5 Å². The van der Waals surface area contributed by atoms with Gasteiger partial charge in [0.15, 0.2) is 0 Å². The van der Waals surface area contributed by atoms with Crippen molar-refractivity contribution in [3.8, 4) is 5.75 Å². The Balaban J connectivity index is 2.01. The Morgan fingerprint density at radius 3 is 2.56 bits per heavy atom. The number of benzene rings is 3. The molecule has 0 aliphatic rings. The Kier molecular flexibility index (Phi) is 5.88. The maximum absolute atomic E-state index is 11.1. The van der Waals surface area contributed by atoms with Gasteiger partial charge in [0.1, 0.15) is 5.75 Å². The molecule has 0 radical (unpaired) electrons. The van der Waals surface area contributed by atoms with E-state index in [1.807, 2.05) is 41.6 Å². The third-order valence-electron chi connectivity index (χ3n) is 3.97. The summed E-state index contributed by atoms with van der Waals surface area (Å²) in [4.78, 5) is 11.5. The fourth-order valence-electron chi connectivity index (χ4n) is 2.53. The molecule has 0 aliphatic carbocycles. The number of non-ortho nitro benzene ring substituents is 1. The highest BCUT2D eigenvalue weighted by Crippen LogP contribution is 2.39. The van der Waals surface area contributed by atoms with Crippen LogP contribution in [0.3, 0.4) is 0 Å². The molecular weight excluding hydrogens is 384 g/mol. The van der Waals surface area contributed by atoms with Gasteiger partial charge in [-0.15, -0.1) is 0 Å². The third kappa shape index (κ3) is 4.72. The average molecular weight is 401 g/mol.